The molecule has 1 aliphatic rings. The molecule has 0 saturated carbocycles. The quantitative estimate of drug-likeness (QED) is 0.490. The number of hydrogen-bond donors (Lipinski definition) is 0. The Bertz CT molecular complexity index is 1240. The normalized spacial score (nSPS) is 14.0. The predicted molar refractivity (Wildman–Crippen MR) is 128 cm³/mol. The molecule has 0 spiro atoms. The molecular weight excluding hydrogens is 420 g/mol. The summed E-state index contributed by atoms with van der Waals surface area (Å²) in [7, 11) is 8.62. The fourth-order valence-corrected chi connectivity index (χ4v) is 4.36. The third-order valence-electron chi connectivity index (χ3n) is 5.93. The first-order valence-corrected chi connectivity index (χ1v) is 10.7. The van der Waals surface area contributed by atoms with Crippen molar-refractivity contribution in [1.82, 2.24) is 9.47 Å². The van der Waals surface area contributed by atoms with E-state index in [0.717, 1.165) is 29.6 Å². The van der Waals surface area contributed by atoms with Crippen LogP contribution in [-0.4, -0.2) is 63.0 Å². The first kappa shape index (κ1) is 22.6. The summed E-state index contributed by atoms with van der Waals surface area (Å²) in [5.41, 5.74) is 3.19. The van der Waals surface area contributed by atoms with Crippen molar-refractivity contribution in [2.24, 2.45) is 0 Å². The molecule has 4 rings (SSSR count). The number of ketones is 2. The second-order valence-corrected chi connectivity index (χ2v) is 8.24. The number of nitrogens with zero attached hydrogens (tertiary/aromatic N) is 2. The predicted octanol–water partition coefficient (Wildman–Crippen LogP) is 3.68. The minimum absolute atomic E-state index is 0.154. The molecule has 0 saturated heterocycles. The summed E-state index contributed by atoms with van der Waals surface area (Å²) in [6, 6.07) is 11.4. The van der Waals surface area contributed by atoms with Crippen molar-refractivity contribution in [1.29, 1.82) is 0 Å². The van der Waals surface area contributed by atoms with Crippen LogP contribution in [-0.2, 0) is 16.1 Å². The lowest BCUT2D eigenvalue weighted by atomic mass is 9.95. The molecule has 1 heterocycles. The number of rotatable bonds is 8. The molecule has 172 valence electrons. The van der Waals surface area contributed by atoms with Crippen LogP contribution in [0.2, 0.25) is 0 Å². The van der Waals surface area contributed by atoms with E-state index in [1.165, 1.54) is 21.3 Å². The number of allylic oxidation sites excluding steroid dienone is 2. The van der Waals surface area contributed by atoms with Gasteiger partial charge in [-0.15, -0.1) is 0 Å². The molecule has 0 radical (unpaired) electrons. The molecule has 0 fully saturated rings. The number of methoxy groups -OCH3 is 3. The lowest BCUT2D eigenvalue weighted by Gasteiger charge is -2.15. The van der Waals surface area contributed by atoms with E-state index in [1.54, 1.807) is 12.1 Å². The van der Waals surface area contributed by atoms with Crippen molar-refractivity contribution >= 4 is 33.6 Å². The number of carbonyl (C=O) groups excluding carboxylic acids is 2. The molecule has 7 heteroatoms. The average molecular weight is 449 g/mol. The van der Waals surface area contributed by atoms with Gasteiger partial charge < -0.3 is 23.7 Å². The molecular formula is C26H28N2O5. The Kier molecular flexibility index (Phi) is 6.24. The molecule has 1 aliphatic carbocycles. The zero-order valence-corrected chi connectivity index (χ0v) is 19.6. The van der Waals surface area contributed by atoms with Crippen LogP contribution in [0.4, 0.5) is 0 Å². The monoisotopic (exact) mass is 448 g/mol. The number of hydrogen-bond acceptors (Lipinski definition) is 6. The molecule has 7 nitrogen and oxygen atoms in total. The zero-order valence-electron chi connectivity index (χ0n) is 19.6. The van der Waals surface area contributed by atoms with Crippen LogP contribution in [0.1, 0.15) is 17.5 Å². The first-order valence-electron chi connectivity index (χ1n) is 10.7. The summed E-state index contributed by atoms with van der Waals surface area (Å²) >= 11 is 0. The number of aromatic nitrogens is 1. The van der Waals surface area contributed by atoms with Gasteiger partial charge in [0.25, 0.3) is 0 Å². The lowest BCUT2D eigenvalue weighted by Crippen LogP contribution is -2.17. The summed E-state index contributed by atoms with van der Waals surface area (Å²) in [5.74, 6) is 0.898. The van der Waals surface area contributed by atoms with Gasteiger partial charge in [0.15, 0.2) is 23.1 Å². The molecule has 0 amide bonds. The third kappa shape index (κ3) is 4.00. The van der Waals surface area contributed by atoms with E-state index in [9.17, 15) is 9.59 Å². The smallest absolute Gasteiger partial charge is 0.203 e. The van der Waals surface area contributed by atoms with Crippen molar-refractivity contribution in [2.45, 2.75) is 13.0 Å². The van der Waals surface area contributed by atoms with E-state index in [0.29, 0.717) is 34.0 Å². The first-order chi connectivity index (χ1) is 15.9. The number of carbonyl (C=O) groups is 2. The molecule has 0 N–H and O–H groups in total. The van der Waals surface area contributed by atoms with Crippen LogP contribution >= 0.6 is 0 Å². The number of fused-ring (bicyclic) bond motifs is 1. The van der Waals surface area contributed by atoms with Crippen LogP contribution in [0.3, 0.4) is 0 Å². The fraction of sp³-hybridized carbons (Fsp3) is 0.308. The van der Waals surface area contributed by atoms with Gasteiger partial charge in [-0.3, -0.25) is 9.59 Å². The molecule has 0 atom stereocenters. The molecule has 2 aromatic carbocycles. The van der Waals surface area contributed by atoms with Crippen LogP contribution in [0.15, 0.2) is 42.6 Å². The Morgan fingerprint density at radius 1 is 0.909 bits per heavy atom. The second kappa shape index (κ2) is 9.11. The van der Waals surface area contributed by atoms with Gasteiger partial charge in [-0.1, -0.05) is 18.2 Å². The van der Waals surface area contributed by atoms with Crippen LogP contribution in [0.25, 0.3) is 22.0 Å². The fourth-order valence-electron chi connectivity index (χ4n) is 4.36. The second-order valence-electron chi connectivity index (χ2n) is 8.24. The highest BCUT2D eigenvalue weighted by Gasteiger charge is 2.35. The minimum atomic E-state index is -0.214. The van der Waals surface area contributed by atoms with E-state index < -0.39 is 0 Å². The Morgan fingerprint density at radius 2 is 1.55 bits per heavy atom. The topological polar surface area (TPSA) is 70.0 Å². The Hall–Kier alpha value is -3.58. The van der Waals surface area contributed by atoms with E-state index in [2.05, 4.69) is 9.47 Å². The Morgan fingerprint density at radius 3 is 2.15 bits per heavy atom. The van der Waals surface area contributed by atoms with Gasteiger partial charge in [-0.05, 0) is 37.9 Å². The highest BCUT2D eigenvalue weighted by atomic mass is 16.5. The summed E-state index contributed by atoms with van der Waals surface area (Å²) in [6.45, 7) is 1.62. The number of para-hydroxylation sites is 1. The van der Waals surface area contributed by atoms with Gasteiger partial charge in [-0.2, -0.15) is 0 Å². The van der Waals surface area contributed by atoms with Gasteiger partial charge in [0, 0.05) is 46.9 Å². The lowest BCUT2D eigenvalue weighted by molar-refractivity contribution is -0.119. The van der Waals surface area contributed by atoms with Gasteiger partial charge in [0.05, 0.1) is 27.8 Å². The van der Waals surface area contributed by atoms with Crippen LogP contribution in [0, 0.1) is 0 Å². The molecule has 3 aromatic rings. The summed E-state index contributed by atoms with van der Waals surface area (Å²) in [4.78, 5) is 28.3. The molecule has 33 heavy (non-hydrogen) atoms. The van der Waals surface area contributed by atoms with Crippen molar-refractivity contribution < 1.29 is 23.8 Å². The highest BCUT2D eigenvalue weighted by Crippen LogP contribution is 2.44. The van der Waals surface area contributed by atoms with Gasteiger partial charge >= 0.3 is 0 Å². The van der Waals surface area contributed by atoms with E-state index in [4.69, 9.17) is 14.2 Å². The van der Waals surface area contributed by atoms with Gasteiger partial charge in [0.1, 0.15) is 0 Å². The maximum absolute atomic E-state index is 13.1. The highest BCUT2D eigenvalue weighted by molar-refractivity contribution is 6.51. The van der Waals surface area contributed by atoms with Crippen LogP contribution < -0.4 is 14.2 Å². The largest absolute Gasteiger partial charge is 0.493 e. The van der Waals surface area contributed by atoms with Crippen molar-refractivity contribution in [2.75, 3.05) is 42.0 Å². The maximum Gasteiger partial charge on any atom is 0.203 e. The SMILES string of the molecule is COc1cc(C2=C(c3cn(CCN(C)C)c4ccccc34)C(=O)CC2=O)cc(OC)c1OC. The van der Waals surface area contributed by atoms with E-state index >= 15 is 0 Å². The zero-order chi connectivity index (χ0) is 23.7. The Labute approximate surface area is 193 Å². The summed E-state index contributed by atoms with van der Waals surface area (Å²) in [6.07, 6.45) is 1.83. The van der Waals surface area contributed by atoms with Gasteiger partial charge in [-0.25, -0.2) is 0 Å². The molecule has 0 bridgehead atoms. The van der Waals surface area contributed by atoms with Gasteiger partial charge in [0.2, 0.25) is 5.75 Å². The number of likely N-dealkylation sites (N-methyl/N-ethyl adjacent to an activating group) is 1. The molecule has 1 aromatic heterocycles. The molecule has 0 aliphatic heterocycles. The van der Waals surface area contributed by atoms with E-state index in [1.807, 2.05) is 44.6 Å². The average Bonchev–Trinajstić information content (AvgIpc) is 3.32. The summed E-state index contributed by atoms with van der Waals surface area (Å²) in [5, 5.41) is 0.944. The minimum Gasteiger partial charge on any atom is -0.493 e. The van der Waals surface area contributed by atoms with Crippen molar-refractivity contribution in [3.63, 3.8) is 0 Å². The summed E-state index contributed by atoms with van der Waals surface area (Å²) < 4.78 is 18.5. The van der Waals surface area contributed by atoms with Crippen LogP contribution in [0.5, 0.6) is 17.2 Å². The van der Waals surface area contributed by atoms with Crippen molar-refractivity contribution in [3.05, 3.63) is 53.7 Å². The molecule has 0 unspecified atom stereocenters. The maximum atomic E-state index is 13.1. The van der Waals surface area contributed by atoms with Crippen molar-refractivity contribution in [3.8, 4) is 17.2 Å². The number of ether oxygens (including phenoxy) is 3. The van der Waals surface area contributed by atoms with E-state index in [-0.39, 0.29) is 18.0 Å². The third-order valence-corrected chi connectivity index (χ3v) is 5.93. The number of Topliss-reactive ketones (excluding diaryl/α,β-unsaturated/α-hetero) is 2. The Balaban J connectivity index is 1.96. The number of benzene rings is 2. The standard InChI is InChI=1S/C26H28N2O5/c1-27(2)10-11-28-15-18(17-8-6-7-9-19(17)28)25-21(30)14-20(29)24(25)16-12-22(31-3)26(33-5)23(13-16)32-4/h6-9,12-13,15H,10-11,14H2,1-5H3.